The highest BCUT2D eigenvalue weighted by molar-refractivity contribution is 5.71. The Balaban J connectivity index is 3.98. The first-order chi connectivity index (χ1) is 44.6. The smallest absolute Gasteiger partial charge is 0.361 e. The quantitative estimate of drug-likeness (QED) is 0.0211. The highest BCUT2D eigenvalue weighted by Gasteiger charge is 2.25. The van der Waals surface area contributed by atoms with E-state index in [0.29, 0.717) is 17.4 Å². The van der Waals surface area contributed by atoms with Gasteiger partial charge in [0.25, 0.3) is 6.29 Å². The average Bonchev–Trinajstić information content (AvgIpc) is 3.46. The summed E-state index contributed by atoms with van der Waals surface area (Å²) in [5.74, 6) is -1.98. The van der Waals surface area contributed by atoms with Crippen LogP contribution in [0.2, 0.25) is 0 Å². The van der Waals surface area contributed by atoms with Crippen molar-refractivity contribution >= 4 is 17.9 Å². The second-order valence-electron chi connectivity index (χ2n) is 28.0. The molecule has 0 aliphatic carbocycles. The summed E-state index contributed by atoms with van der Waals surface area (Å²) in [7, 11) is 5.99. The molecule has 0 aliphatic rings. The topological polar surface area (TPSA) is 108 Å². The lowest BCUT2D eigenvalue weighted by Gasteiger charge is -2.25. The Morgan fingerprint density at radius 2 is 0.593 bits per heavy atom. The van der Waals surface area contributed by atoms with Crippen LogP contribution in [0.15, 0.2) is 60.8 Å². The molecule has 9 nitrogen and oxygen atoms in total. The number of quaternary nitrogens is 1. The summed E-state index contributed by atoms with van der Waals surface area (Å²) in [6.07, 6.45) is 93.7. The van der Waals surface area contributed by atoms with Gasteiger partial charge in [-0.05, 0) is 83.5 Å². The molecule has 0 rings (SSSR count). The summed E-state index contributed by atoms with van der Waals surface area (Å²) in [5, 5.41) is 9.77. The zero-order valence-corrected chi connectivity index (χ0v) is 61.0. The maximum Gasteiger partial charge on any atom is 0.361 e. The van der Waals surface area contributed by atoms with Crippen LogP contribution in [0.25, 0.3) is 0 Å². The summed E-state index contributed by atoms with van der Waals surface area (Å²) in [6, 6.07) is 0. The monoisotopic (exact) mass is 1280 g/mol. The number of hydrogen-bond donors (Lipinski definition) is 1. The molecule has 0 aromatic carbocycles. The number of nitrogens with zero attached hydrogens (tertiary/aromatic N) is 1. The van der Waals surface area contributed by atoms with E-state index < -0.39 is 18.4 Å². The zero-order chi connectivity index (χ0) is 66.1. The number of carbonyl (C=O) groups excluding carboxylic acids is 2. The van der Waals surface area contributed by atoms with Gasteiger partial charge in [0, 0.05) is 12.8 Å². The standard InChI is InChI=1S/C82H151NO8/c1-6-8-10-12-14-16-18-20-22-24-26-28-30-32-34-35-36-37-38-39-40-41-42-43-44-45-47-49-51-53-55-57-59-61-63-65-67-69-71-73-80(85)91-78(77-90-82(81(86)87)88-75-74-83(3,4)5)76-89-79(84)72-70-68-66-64-62-60-58-56-54-52-50-48-46-33-31-29-27-25-23-21-19-17-15-13-11-9-7-2/h18-21,24-27,30,32,78,82H,6-17,22-23,28-29,31,33-77H2,1-5H3/p+1/b20-18-,21-19-,26-24-,27-25-,32-30-. The van der Waals surface area contributed by atoms with E-state index in [1.54, 1.807) is 0 Å². The molecule has 0 spiro atoms. The Bertz CT molecular complexity index is 1680. The number of hydrogen-bond acceptors (Lipinski definition) is 7. The molecular formula is C82H152NO8+. The number of carboxylic acid groups (broad SMARTS) is 1. The van der Waals surface area contributed by atoms with E-state index in [9.17, 15) is 19.5 Å². The van der Waals surface area contributed by atoms with Crippen molar-refractivity contribution in [1.82, 2.24) is 0 Å². The van der Waals surface area contributed by atoms with E-state index in [1.165, 1.54) is 302 Å². The van der Waals surface area contributed by atoms with Crippen LogP contribution in [-0.2, 0) is 33.3 Å². The van der Waals surface area contributed by atoms with Gasteiger partial charge in [-0.3, -0.25) is 9.59 Å². The van der Waals surface area contributed by atoms with Crippen molar-refractivity contribution in [1.29, 1.82) is 0 Å². The first kappa shape index (κ1) is 88.0. The fraction of sp³-hybridized carbons (Fsp3) is 0.841. The molecule has 0 fully saturated rings. The van der Waals surface area contributed by atoms with Gasteiger partial charge in [-0.25, -0.2) is 4.79 Å². The maximum atomic E-state index is 13.0. The summed E-state index contributed by atoms with van der Waals surface area (Å²) >= 11 is 0. The molecule has 0 aliphatic heterocycles. The van der Waals surface area contributed by atoms with Crippen LogP contribution in [0.5, 0.6) is 0 Å². The van der Waals surface area contributed by atoms with Crippen molar-refractivity contribution in [3.8, 4) is 0 Å². The second-order valence-corrected chi connectivity index (χ2v) is 28.0. The third kappa shape index (κ3) is 74.3. The van der Waals surface area contributed by atoms with Crippen molar-refractivity contribution in [2.24, 2.45) is 0 Å². The van der Waals surface area contributed by atoms with E-state index in [2.05, 4.69) is 74.6 Å². The van der Waals surface area contributed by atoms with E-state index in [4.69, 9.17) is 18.9 Å². The van der Waals surface area contributed by atoms with Gasteiger partial charge in [0.05, 0.1) is 34.4 Å². The third-order valence-electron chi connectivity index (χ3n) is 17.7. The van der Waals surface area contributed by atoms with E-state index in [0.717, 1.165) is 57.8 Å². The number of ether oxygens (including phenoxy) is 4. The predicted octanol–water partition coefficient (Wildman–Crippen LogP) is 25.0. The molecule has 0 bridgehead atoms. The van der Waals surface area contributed by atoms with Crippen molar-refractivity contribution in [2.45, 2.75) is 399 Å². The molecule has 9 heteroatoms. The second kappa shape index (κ2) is 72.8. The average molecular weight is 1280 g/mol. The molecule has 0 heterocycles. The minimum absolute atomic E-state index is 0.178. The van der Waals surface area contributed by atoms with E-state index in [-0.39, 0.29) is 38.2 Å². The van der Waals surface area contributed by atoms with Gasteiger partial charge < -0.3 is 28.5 Å². The lowest BCUT2D eigenvalue weighted by molar-refractivity contribution is -0.870. The molecular weight excluding hydrogens is 1130 g/mol. The third-order valence-corrected chi connectivity index (χ3v) is 17.7. The molecule has 0 amide bonds. The molecule has 2 atom stereocenters. The van der Waals surface area contributed by atoms with E-state index in [1.807, 2.05) is 21.1 Å². The molecule has 2 unspecified atom stereocenters. The summed E-state index contributed by atoms with van der Waals surface area (Å²) in [6.45, 7) is 4.92. The van der Waals surface area contributed by atoms with Gasteiger partial charge in [-0.1, -0.05) is 351 Å². The number of allylic oxidation sites excluding steroid dienone is 10. The highest BCUT2D eigenvalue weighted by atomic mass is 16.7. The SMILES string of the molecule is CCCCCCC/C=C\C/C=C\C/C=C\CCCCCCCCCCCCCCCCCCCCCCCCCCC(=O)OC(COC(=O)CCCCCCCCCCCCCCCCC/C=C\C/C=C\CCCCCCC)COC(OCC[N+](C)(C)C)C(=O)O. The number of aliphatic carboxylic acids is 1. The minimum Gasteiger partial charge on any atom is -0.477 e. The number of likely N-dealkylation sites (N-methyl/N-ethyl adjacent to an activating group) is 1. The van der Waals surface area contributed by atoms with Crippen LogP contribution in [0.3, 0.4) is 0 Å². The van der Waals surface area contributed by atoms with Crippen LogP contribution in [0.4, 0.5) is 0 Å². The first-order valence-electron chi connectivity index (χ1n) is 39.5. The van der Waals surface area contributed by atoms with Crippen molar-refractivity contribution in [3.05, 3.63) is 60.8 Å². The Kier molecular flexibility index (Phi) is 70.4. The largest absolute Gasteiger partial charge is 0.477 e. The minimum atomic E-state index is -1.51. The fourth-order valence-corrected chi connectivity index (χ4v) is 11.7. The van der Waals surface area contributed by atoms with Crippen LogP contribution in [0, 0.1) is 0 Å². The van der Waals surface area contributed by atoms with Gasteiger partial charge in [0.1, 0.15) is 13.2 Å². The summed E-state index contributed by atoms with van der Waals surface area (Å²) < 4.78 is 23.0. The van der Waals surface area contributed by atoms with Crippen LogP contribution in [0.1, 0.15) is 386 Å². The molecule has 0 radical (unpaired) electrons. The lowest BCUT2D eigenvalue weighted by atomic mass is 10.0. The first-order valence-corrected chi connectivity index (χ1v) is 39.5. The van der Waals surface area contributed by atoms with Gasteiger partial charge >= 0.3 is 17.9 Å². The molecule has 0 aromatic rings. The number of rotatable bonds is 74. The number of carbonyl (C=O) groups is 3. The van der Waals surface area contributed by atoms with Crippen molar-refractivity contribution in [2.75, 3.05) is 47.5 Å². The van der Waals surface area contributed by atoms with Crippen LogP contribution >= 0.6 is 0 Å². The van der Waals surface area contributed by atoms with Crippen LogP contribution in [-0.4, -0.2) is 87.4 Å². The Hall–Kier alpha value is -3.01. The van der Waals surface area contributed by atoms with Gasteiger partial charge in [0.15, 0.2) is 6.10 Å². The van der Waals surface area contributed by atoms with Gasteiger partial charge in [-0.2, -0.15) is 0 Å². The lowest BCUT2D eigenvalue weighted by Crippen LogP contribution is -2.40. The van der Waals surface area contributed by atoms with Crippen LogP contribution < -0.4 is 0 Å². The van der Waals surface area contributed by atoms with Gasteiger partial charge in [-0.15, -0.1) is 0 Å². The molecule has 532 valence electrons. The van der Waals surface area contributed by atoms with E-state index >= 15 is 0 Å². The summed E-state index contributed by atoms with van der Waals surface area (Å²) in [4.78, 5) is 37.7. The maximum absolute atomic E-state index is 13.0. The molecule has 0 saturated carbocycles. The molecule has 0 aromatic heterocycles. The predicted molar refractivity (Wildman–Crippen MR) is 392 cm³/mol. The Morgan fingerprint density at radius 3 is 0.879 bits per heavy atom. The number of unbranched alkanes of at least 4 members (excludes halogenated alkanes) is 49. The molecule has 0 saturated heterocycles. The number of esters is 2. The van der Waals surface area contributed by atoms with Crippen molar-refractivity contribution in [3.63, 3.8) is 0 Å². The normalized spacial score (nSPS) is 12.9. The Morgan fingerprint density at radius 1 is 0.330 bits per heavy atom. The highest BCUT2D eigenvalue weighted by Crippen LogP contribution is 2.19. The molecule has 91 heavy (non-hydrogen) atoms. The number of carboxylic acids is 1. The van der Waals surface area contributed by atoms with Gasteiger partial charge in [0.2, 0.25) is 0 Å². The Labute approximate surface area is 565 Å². The zero-order valence-electron chi connectivity index (χ0n) is 61.0. The fourth-order valence-electron chi connectivity index (χ4n) is 11.7. The van der Waals surface area contributed by atoms with Crippen molar-refractivity contribution < 1.29 is 42.9 Å². The molecule has 1 N–H and O–H groups in total. The summed E-state index contributed by atoms with van der Waals surface area (Å²) in [5.41, 5.74) is 0.